The molecule has 0 aromatic heterocycles. The van der Waals surface area contributed by atoms with Crippen LogP contribution in [0.5, 0.6) is 0 Å². The summed E-state index contributed by atoms with van der Waals surface area (Å²) in [6, 6.07) is 11.7. The van der Waals surface area contributed by atoms with Gasteiger partial charge in [-0.1, -0.05) is 24.3 Å². The monoisotopic (exact) mass is 241 g/mol. The molecule has 0 amide bonds. The van der Waals surface area contributed by atoms with Crippen LogP contribution in [0.3, 0.4) is 0 Å². The smallest absolute Gasteiger partial charge is 0.126 e. The van der Waals surface area contributed by atoms with Crippen LogP contribution in [-0.2, 0) is 6.42 Å². The van der Waals surface area contributed by atoms with Crippen molar-refractivity contribution in [3.8, 4) is 11.1 Å². The van der Waals surface area contributed by atoms with E-state index in [1.54, 1.807) is 13.0 Å². The first-order valence-electron chi connectivity index (χ1n) is 6.30. The molecule has 1 aliphatic carbocycles. The molecule has 2 aromatic rings. The second kappa shape index (κ2) is 4.21. The molecule has 0 spiro atoms. The molecule has 0 heterocycles. The van der Waals surface area contributed by atoms with Crippen molar-refractivity contribution in [2.75, 3.05) is 0 Å². The molecule has 0 fully saturated rings. The first-order valence-corrected chi connectivity index (χ1v) is 6.30. The molecular weight excluding hydrogens is 225 g/mol. The standard InChI is InChI=1S/C16H16FN/c1-10-9-11(5-7-15(10)17)12-3-2-4-14-13(12)6-8-16(14)18/h2-5,7,9,16H,6,8,18H2,1H3. The first-order chi connectivity index (χ1) is 8.66. The Labute approximate surface area is 106 Å². The van der Waals surface area contributed by atoms with Gasteiger partial charge in [0.2, 0.25) is 0 Å². The molecule has 1 unspecified atom stereocenters. The summed E-state index contributed by atoms with van der Waals surface area (Å²) >= 11 is 0. The van der Waals surface area contributed by atoms with Crippen LogP contribution in [0.1, 0.15) is 29.2 Å². The average molecular weight is 241 g/mol. The molecule has 2 aromatic carbocycles. The van der Waals surface area contributed by atoms with E-state index in [0.29, 0.717) is 5.56 Å². The van der Waals surface area contributed by atoms with Crippen molar-refractivity contribution < 1.29 is 4.39 Å². The first kappa shape index (κ1) is 11.4. The van der Waals surface area contributed by atoms with E-state index in [9.17, 15) is 4.39 Å². The molecule has 2 heteroatoms. The zero-order valence-electron chi connectivity index (χ0n) is 10.4. The highest BCUT2D eigenvalue weighted by molar-refractivity contribution is 5.70. The summed E-state index contributed by atoms with van der Waals surface area (Å²) in [5, 5.41) is 0. The Morgan fingerprint density at radius 3 is 2.83 bits per heavy atom. The predicted molar refractivity (Wildman–Crippen MR) is 71.8 cm³/mol. The van der Waals surface area contributed by atoms with Crippen LogP contribution in [0.25, 0.3) is 11.1 Å². The highest BCUT2D eigenvalue weighted by Gasteiger charge is 2.21. The van der Waals surface area contributed by atoms with Gasteiger partial charge >= 0.3 is 0 Å². The van der Waals surface area contributed by atoms with E-state index in [-0.39, 0.29) is 11.9 Å². The summed E-state index contributed by atoms with van der Waals surface area (Å²) in [4.78, 5) is 0. The van der Waals surface area contributed by atoms with Crippen LogP contribution in [0.2, 0.25) is 0 Å². The Morgan fingerprint density at radius 1 is 1.22 bits per heavy atom. The average Bonchev–Trinajstić information content (AvgIpc) is 2.75. The van der Waals surface area contributed by atoms with Crippen LogP contribution in [-0.4, -0.2) is 0 Å². The lowest BCUT2D eigenvalue weighted by molar-refractivity contribution is 0.619. The van der Waals surface area contributed by atoms with Gasteiger partial charge in [0.15, 0.2) is 0 Å². The fourth-order valence-corrected chi connectivity index (χ4v) is 2.77. The molecule has 0 bridgehead atoms. The second-order valence-electron chi connectivity index (χ2n) is 4.98. The lowest BCUT2D eigenvalue weighted by Gasteiger charge is -2.11. The van der Waals surface area contributed by atoms with Crippen molar-refractivity contribution in [3.05, 3.63) is 58.9 Å². The maximum atomic E-state index is 13.3. The zero-order chi connectivity index (χ0) is 12.7. The maximum Gasteiger partial charge on any atom is 0.126 e. The normalized spacial score (nSPS) is 17.8. The van der Waals surface area contributed by atoms with Crippen molar-refractivity contribution in [3.63, 3.8) is 0 Å². The fourth-order valence-electron chi connectivity index (χ4n) is 2.77. The summed E-state index contributed by atoms with van der Waals surface area (Å²) in [6.07, 6.45) is 2.02. The number of halogens is 1. The van der Waals surface area contributed by atoms with Gasteiger partial charge in [0, 0.05) is 6.04 Å². The third kappa shape index (κ3) is 1.73. The number of nitrogens with two attached hydrogens (primary N) is 1. The van der Waals surface area contributed by atoms with Gasteiger partial charge in [-0.2, -0.15) is 0 Å². The van der Waals surface area contributed by atoms with Gasteiger partial charge in [-0.15, -0.1) is 0 Å². The summed E-state index contributed by atoms with van der Waals surface area (Å²) in [5.41, 5.74) is 11.6. The molecule has 3 rings (SSSR count). The molecule has 0 aliphatic heterocycles. The number of aryl methyl sites for hydroxylation is 1. The number of fused-ring (bicyclic) bond motifs is 1. The predicted octanol–water partition coefficient (Wildman–Crippen LogP) is 3.75. The summed E-state index contributed by atoms with van der Waals surface area (Å²) < 4.78 is 13.3. The molecule has 1 atom stereocenters. The number of hydrogen-bond donors (Lipinski definition) is 1. The van der Waals surface area contributed by atoms with Gasteiger partial charge in [0.1, 0.15) is 5.82 Å². The van der Waals surface area contributed by atoms with Crippen LogP contribution in [0, 0.1) is 12.7 Å². The van der Waals surface area contributed by atoms with E-state index in [1.807, 2.05) is 18.2 Å². The summed E-state index contributed by atoms with van der Waals surface area (Å²) in [7, 11) is 0. The Bertz CT molecular complexity index is 604. The Kier molecular flexibility index (Phi) is 2.67. The molecule has 18 heavy (non-hydrogen) atoms. The quantitative estimate of drug-likeness (QED) is 0.808. The van der Waals surface area contributed by atoms with Crippen LogP contribution < -0.4 is 5.73 Å². The van der Waals surface area contributed by atoms with E-state index in [2.05, 4.69) is 12.1 Å². The second-order valence-corrected chi connectivity index (χ2v) is 4.98. The van der Waals surface area contributed by atoms with Gasteiger partial charge in [0.25, 0.3) is 0 Å². The van der Waals surface area contributed by atoms with E-state index in [0.717, 1.165) is 18.4 Å². The lowest BCUT2D eigenvalue weighted by Crippen LogP contribution is -2.04. The number of rotatable bonds is 1. The maximum absolute atomic E-state index is 13.3. The highest BCUT2D eigenvalue weighted by atomic mass is 19.1. The molecule has 0 saturated carbocycles. The van der Waals surface area contributed by atoms with Crippen molar-refractivity contribution in [2.45, 2.75) is 25.8 Å². The highest BCUT2D eigenvalue weighted by Crippen LogP contribution is 2.36. The largest absolute Gasteiger partial charge is 0.324 e. The van der Waals surface area contributed by atoms with Crippen molar-refractivity contribution in [2.24, 2.45) is 5.73 Å². The van der Waals surface area contributed by atoms with Gasteiger partial charge in [-0.3, -0.25) is 0 Å². The lowest BCUT2D eigenvalue weighted by atomic mass is 9.95. The summed E-state index contributed by atoms with van der Waals surface area (Å²) in [6.45, 7) is 1.80. The molecule has 2 N–H and O–H groups in total. The molecule has 1 nitrogen and oxygen atoms in total. The van der Waals surface area contributed by atoms with E-state index < -0.39 is 0 Å². The molecule has 92 valence electrons. The minimum Gasteiger partial charge on any atom is -0.324 e. The fraction of sp³-hybridized carbons (Fsp3) is 0.250. The molecule has 0 saturated heterocycles. The van der Waals surface area contributed by atoms with Gasteiger partial charge in [-0.05, 0) is 59.7 Å². The third-order valence-corrected chi connectivity index (χ3v) is 3.79. The zero-order valence-corrected chi connectivity index (χ0v) is 10.4. The minimum atomic E-state index is -0.150. The third-order valence-electron chi connectivity index (χ3n) is 3.79. The SMILES string of the molecule is Cc1cc(-c2cccc3c2CCC3N)ccc1F. The van der Waals surface area contributed by atoms with Crippen LogP contribution in [0.15, 0.2) is 36.4 Å². The van der Waals surface area contributed by atoms with Crippen LogP contribution in [0.4, 0.5) is 4.39 Å². The Morgan fingerprint density at radius 2 is 2.06 bits per heavy atom. The molecular formula is C16H16FN. The number of hydrogen-bond acceptors (Lipinski definition) is 1. The Hall–Kier alpha value is -1.67. The van der Waals surface area contributed by atoms with Crippen molar-refractivity contribution in [1.82, 2.24) is 0 Å². The Balaban J connectivity index is 2.15. The van der Waals surface area contributed by atoms with Gasteiger partial charge in [-0.25, -0.2) is 4.39 Å². The topological polar surface area (TPSA) is 26.0 Å². The molecule has 1 aliphatic rings. The molecule has 0 radical (unpaired) electrons. The van der Waals surface area contributed by atoms with Crippen LogP contribution >= 0.6 is 0 Å². The minimum absolute atomic E-state index is 0.150. The van der Waals surface area contributed by atoms with Gasteiger partial charge < -0.3 is 5.73 Å². The summed E-state index contributed by atoms with van der Waals surface area (Å²) in [5.74, 6) is -0.150. The van der Waals surface area contributed by atoms with Gasteiger partial charge in [0.05, 0.1) is 0 Å². The van der Waals surface area contributed by atoms with E-state index >= 15 is 0 Å². The van der Waals surface area contributed by atoms with E-state index in [4.69, 9.17) is 5.73 Å². The van der Waals surface area contributed by atoms with E-state index in [1.165, 1.54) is 16.7 Å². The van der Waals surface area contributed by atoms with Crippen molar-refractivity contribution >= 4 is 0 Å². The number of benzene rings is 2. The van der Waals surface area contributed by atoms with Crippen molar-refractivity contribution in [1.29, 1.82) is 0 Å².